The number of amides is 2. The number of phenols is 1. The van der Waals surface area contributed by atoms with Crippen molar-refractivity contribution in [2.45, 2.75) is 0 Å². The molecule has 0 aliphatic heterocycles. The van der Waals surface area contributed by atoms with Crippen LogP contribution in [-0.4, -0.2) is 37.9 Å². The lowest BCUT2D eigenvalue weighted by Gasteiger charge is -2.09. The Kier molecular flexibility index (Phi) is 8.14. The maximum absolute atomic E-state index is 12.8. The van der Waals surface area contributed by atoms with Crippen LogP contribution in [0.5, 0.6) is 5.75 Å². The Morgan fingerprint density at radius 1 is 0.842 bits per heavy atom. The van der Waals surface area contributed by atoms with Crippen LogP contribution in [0.2, 0.25) is 0 Å². The number of nitro benzene ring substituents is 3. The number of aromatic hydroxyl groups is 1. The zero-order chi connectivity index (χ0) is 27.8. The summed E-state index contributed by atoms with van der Waals surface area (Å²) in [6, 6.07) is 14.3. The number of carbonyl (C=O) groups is 2. The van der Waals surface area contributed by atoms with Crippen molar-refractivity contribution < 1.29 is 29.5 Å². The fourth-order valence-corrected chi connectivity index (χ4v) is 2.99. The summed E-state index contributed by atoms with van der Waals surface area (Å²) in [4.78, 5) is 55.9. The van der Waals surface area contributed by atoms with Crippen LogP contribution in [0.4, 0.5) is 17.1 Å². The molecule has 38 heavy (non-hydrogen) atoms. The minimum Gasteiger partial charge on any atom is -0.502 e. The normalized spacial score (nSPS) is 11.1. The van der Waals surface area contributed by atoms with Crippen LogP contribution in [0.3, 0.4) is 0 Å². The summed E-state index contributed by atoms with van der Waals surface area (Å²) in [5.74, 6) is -2.56. The van der Waals surface area contributed by atoms with Crippen molar-refractivity contribution in [3.05, 3.63) is 119 Å². The highest BCUT2D eigenvalue weighted by molar-refractivity contribution is 6.05. The van der Waals surface area contributed by atoms with Crippen molar-refractivity contribution in [3.8, 4) is 5.75 Å². The van der Waals surface area contributed by atoms with Crippen LogP contribution < -0.4 is 10.7 Å². The average molecular weight is 520 g/mol. The topological polar surface area (TPSA) is 220 Å². The maximum Gasteiger partial charge on any atom is 0.318 e. The van der Waals surface area contributed by atoms with E-state index in [0.29, 0.717) is 11.6 Å². The molecule has 2 amide bonds. The molecule has 3 aromatic carbocycles. The van der Waals surface area contributed by atoms with Gasteiger partial charge < -0.3 is 10.4 Å². The standard InChI is InChI=1S/C23H16N6O9/c30-21-16(11-18(28(35)36)12-20(21)29(37)38)13-24-26-23(32)19(25-22(31)15-4-2-1-3-5-15)10-14-6-8-17(9-7-14)27(33)34/h1-13,30H,(H,25,31)(H,26,32)/b19-10-,24-13?. The summed E-state index contributed by atoms with van der Waals surface area (Å²) in [6.07, 6.45) is 1.96. The molecule has 0 atom stereocenters. The predicted molar refractivity (Wildman–Crippen MR) is 132 cm³/mol. The average Bonchev–Trinajstić information content (AvgIpc) is 2.89. The molecule has 15 nitrogen and oxygen atoms in total. The minimum absolute atomic E-state index is 0.197. The Bertz CT molecular complexity index is 1490. The van der Waals surface area contributed by atoms with Crippen molar-refractivity contribution in [2.75, 3.05) is 0 Å². The number of rotatable bonds is 9. The van der Waals surface area contributed by atoms with Crippen LogP contribution in [0.25, 0.3) is 6.08 Å². The number of nitro groups is 3. The summed E-state index contributed by atoms with van der Waals surface area (Å²) in [6.45, 7) is 0. The van der Waals surface area contributed by atoms with Crippen molar-refractivity contribution >= 4 is 41.2 Å². The maximum atomic E-state index is 12.8. The molecule has 0 heterocycles. The summed E-state index contributed by atoms with van der Waals surface area (Å²) in [5.41, 5.74) is -0.0270. The number of nitrogens with zero attached hydrogens (tertiary/aromatic N) is 4. The van der Waals surface area contributed by atoms with E-state index in [-0.39, 0.29) is 16.9 Å². The molecular formula is C23H16N6O9. The Balaban J connectivity index is 1.90. The number of hydrogen-bond donors (Lipinski definition) is 3. The van der Waals surface area contributed by atoms with E-state index in [1.54, 1.807) is 18.2 Å². The van der Waals surface area contributed by atoms with Crippen molar-refractivity contribution in [1.29, 1.82) is 0 Å². The molecule has 15 heteroatoms. The Morgan fingerprint density at radius 2 is 1.47 bits per heavy atom. The van der Waals surface area contributed by atoms with Gasteiger partial charge in [-0.25, -0.2) is 5.43 Å². The quantitative estimate of drug-likeness (QED) is 0.163. The SMILES string of the molecule is O=C(NN=Cc1cc([N+](=O)[O-])cc([N+](=O)[O-])c1O)/C(=C/c1ccc([N+](=O)[O-])cc1)NC(=O)c1ccccc1. The number of hydrogen-bond acceptors (Lipinski definition) is 10. The van der Waals surface area contributed by atoms with E-state index in [2.05, 4.69) is 15.8 Å². The molecule has 0 bridgehead atoms. The monoisotopic (exact) mass is 520 g/mol. The van der Waals surface area contributed by atoms with E-state index in [0.717, 1.165) is 12.3 Å². The first-order valence-electron chi connectivity index (χ1n) is 10.4. The molecular weight excluding hydrogens is 504 g/mol. The molecule has 0 unspecified atom stereocenters. The second-order valence-corrected chi connectivity index (χ2v) is 7.34. The fourth-order valence-electron chi connectivity index (χ4n) is 2.99. The highest BCUT2D eigenvalue weighted by atomic mass is 16.6. The van der Waals surface area contributed by atoms with Crippen molar-refractivity contribution in [2.24, 2.45) is 5.10 Å². The largest absolute Gasteiger partial charge is 0.502 e. The first kappa shape index (κ1) is 26.6. The number of phenolic OH excluding ortho intramolecular Hbond substituents is 1. The molecule has 0 saturated carbocycles. The van der Waals surface area contributed by atoms with Gasteiger partial charge in [0.25, 0.3) is 23.2 Å². The Hall–Kier alpha value is -5.99. The van der Waals surface area contributed by atoms with Gasteiger partial charge in [0.05, 0.1) is 32.6 Å². The lowest BCUT2D eigenvalue weighted by Crippen LogP contribution is -2.32. The van der Waals surface area contributed by atoms with E-state index in [1.165, 1.54) is 42.5 Å². The number of benzene rings is 3. The highest BCUT2D eigenvalue weighted by Gasteiger charge is 2.23. The Labute approximate surface area is 212 Å². The number of carbonyl (C=O) groups excluding carboxylic acids is 2. The predicted octanol–water partition coefficient (Wildman–Crippen LogP) is 3.04. The van der Waals surface area contributed by atoms with Gasteiger partial charge in [0.15, 0.2) is 0 Å². The van der Waals surface area contributed by atoms with Gasteiger partial charge in [-0.1, -0.05) is 18.2 Å². The van der Waals surface area contributed by atoms with Gasteiger partial charge in [-0.15, -0.1) is 0 Å². The second kappa shape index (κ2) is 11.6. The molecule has 192 valence electrons. The minimum atomic E-state index is -1.03. The van der Waals surface area contributed by atoms with Gasteiger partial charge in [-0.05, 0) is 35.9 Å². The van der Waals surface area contributed by atoms with Crippen LogP contribution in [0.1, 0.15) is 21.5 Å². The molecule has 0 fully saturated rings. The third-order valence-electron chi connectivity index (χ3n) is 4.83. The second-order valence-electron chi connectivity index (χ2n) is 7.34. The fraction of sp³-hybridized carbons (Fsp3) is 0. The lowest BCUT2D eigenvalue weighted by atomic mass is 10.1. The lowest BCUT2D eigenvalue weighted by molar-refractivity contribution is -0.394. The molecule has 3 N–H and O–H groups in total. The van der Waals surface area contributed by atoms with E-state index in [1.807, 2.05) is 0 Å². The van der Waals surface area contributed by atoms with Crippen molar-refractivity contribution in [3.63, 3.8) is 0 Å². The molecule has 3 aromatic rings. The van der Waals surface area contributed by atoms with E-state index in [4.69, 9.17) is 0 Å². The summed E-state index contributed by atoms with van der Waals surface area (Å²) in [7, 11) is 0. The summed E-state index contributed by atoms with van der Waals surface area (Å²) < 4.78 is 0. The zero-order valence-corrected chi connectivity index (χ0v) is 19.0. The molecule has 0 aromatic heterocycles. The third-order valence-corrected chi connectivity index (χ3v) is 4.83. The molecule has 0 radical (unpaired) electrons. The smallest absolute Gasteiger partial charge is 0.318 e. The van der Waals surface area contributed by atoms with Gasteiger partial charge in [-0.3, -0.25) is 39.9 Å². The van der Waals surface area contributed by atoms with E-state index >= 15 is 0 Å². The first-order chi connectivity index (χ1) is 18.1. The highest BCUT2D eigenvalue weighted by Crippen LogP contribution is 2.33. The third kappa shape index (κ3) is 6.57. The summed E-state index contributed by atoms with van der Waals surface area (Å²) >= 11 is 0. The van der Waals surface area contributed by atoms with Gasteiger partial charge in [0.1, 0.15) is 5.70 Å². The first-order valence-corrected chi connectivity index (χ1v) is 10.4. The van der Waals surface area contributed by atoms with Gasteiger partial charge in [0.2, 0.25) is 5.75 Å². The number of non-ortho nitro benzene ring substituents is 2. The van der Waals surface area contributed by atoms with Crippen LogP contribution in [-0.2, 0) is 4.79 Å². The molecule has 0 aliphatic carbocycles. The molecule has 0 aliphatic rings. The van der Waals surface area contributed by atoms with Gasteiger partial charge >= 0.3 is 5.69 Å². The van der Waals surface area contributed by atoms with Crippen LogP contribution in [0.15, 0.2) is 77.5 Å². The van der Waals surface area contributed by atoms with E-state index in [9.17, 15) is 45.0 Å². The van der Waals surface area contributed by atoms with Gasteiger partial charge in [-0.2, -0.15) is 5.10 Å². The van der Waals surface area contributed by atoms with Crippen molar-refractivity contribution in [1.82, 2.24) is 10.7 Å². The Morgan fingerprint density at radius 3 is 2.05 bits per heavy atom. The molecule has 0 saturated heterocycles. The van der Waals surface area contributed by atoms with Crippen LogP contribution in [0, 0.1) is 30.3 Å². The molecule has 3 rings (SSSR count). The zero-order valence-electron chi connectivity index (χ0n) is 19.0. The van der Waals surface area contributed by atoms with E-state index < -0.39 is 49.3 Å². The molecule has 0 spiro atoms. The summed E-state index contributed by atoms with van der Waals surface area (Å²) in [5, 5.41) is 49.1. The number of hydrazone groups is 1. The van der Waals surface area contributed by atoms with Gasteiger partial charge in [0, 0.05) is 23.8 Å². The van der Waals surface area contributed by atoms with Crippen LogP contribution >= 0.6 is 0 Å². The number of nitrogens with one attached hydrogen (secondary N) is 2.